The van der Waals surface area contributed by atoms with Gasteiger partial charge in [-0.2, -0.15) is 0 Å². The van der Waals surface area contributed by atoms with Crippen molar-refractivity contribution in [1.82, 2.24) is 0 Å². The van der Waals surface area contributed by atoms with Gasteiger partial charge in [-0.1, -0.05) is 32.4 Å². The van der Waals surface area contributed by atoms with E-state index >= 15 is 0 Å². The Morgan fingerprint density at radius 3 is 2.42 bits per heavy atom. The van der Waals surface area contributed by atoms with Crippen LogP contribution >= 0.6 is 0 Å². The first-order valence-corrected chi connectivity index (χ1v) is 4.89. The monoisotopic (exact) mass is 164 g/mol. The van der Waals surface area contributed by atoms with Crippen molar-refractivity contribution >= 4 is 0 Å². The first-order chi connectivity index (χ1) is 5.79. The van der Waals surface area contributed by atoms with Gasteiger partial charge in [-0.15, -0.1) is 12.3 Å². The van der Waals surface area contributed by atoms with Crippen LogP contribution in [0.15, 0.2) is 12.2 Å². The number of rotatable bonds is 5. The molecule has 0 spiro atoms. The topological polar surface area (TPSA) is 0 Å². The van der Waals surface area contributed by atoms with Crippen LogP contribution < -0.4 is 0 Å². The highest BCUT2D eigenvalue weighted by Gasteiger charge is 2.12. The number of hydrogen-bond donors (Lipinski definition) is 0. The average Bonchev–Trinajstić information content (AvgIpc) is 2.07. The molecule has 0 saturated carbocycles. The Balaban J connectivity index is 4.17. The summed E-state index contributed by atoms with van der Waals surface area (Å²) in [5, 5.41) is 0. The summed E-state index contributed by atoms with van der Waals surface area (Å²) >= 11 is 0. The zero-order valence-electron chi connectivity index (χ0n) is 8.51. The lowest BCUT2D eigenvalue weighted by Crippen LogP contribution is -2.09. The summed E-state index contributed by atoms with van der Waals surface area (Å²) < 4.78 is 0. The lowest BCUT2D eigenvalue weighted by Gasteiger charge is -2.17. The van der Waals surface area contributed by atoms with Crippen LogP contribution in [0.5, 0.6) is 0 Å². The zero-order chi connectivity index (χ0) is 9.40. The Hall–Kier alpha value is -0.700. The number of allylic oxidation sites excluding steroid dienone is 2. The Morgan fingerprint density at radius 1 is 1.42 bits per heavy atom. The van der Waals surface area contributed by atoms with Crippen molar-refractivity contribution in [2.24, 2.45) is 11.8 Å². The fraction of sp³-hybridized carbons (Fsp3) is 0.667. The predicted octanol–water partition coefficient (Wildman–Crippen LogP) is 3.64. The van der Waals surface area contributed by atoms with Crippen LogP contribution in [0.2, 0.25) is 0 Å². The minimum atomic E-state index is 0.432. The van der Waals surface area contributed by atoms with Gasteiger partial charge in [-0.3, -0.25) is 0 Å². The number of hydrogen-bond acceptors (Lipinski definition) is 0. The van der Waals surface area contributed by atoms with Crippen molar-refractivity contribution in [3.63, 3.8) is 0 Å². The molecular weight excluding hydrogens is 144 g/mol. The third-order valence-electron chi connectivity index (χ3n) is 2.23. The van der Waals surface area contributed by atoms with E-state index in [0.717, 1.165) is 6.42 Å². The predicted molar refractivity (Wildman–Crippen MR) is 55.8 cm³/mol. The highest BCUT2D eigenvalue weighted by molar-refractivity contribution is 5.02. The smallest absolute Gasteiger partial charge is 0.0260 e. The molecule has 68 valence electrons. The second-order valence-electron chi connectivity index (χ2n) is 3.16. The van der Waals surface area contributed by atoms with Crippen LogP contribution in [0.25, 0.3) is 0 Å². The van der Waals surface area contributed by atoms with Crippen molar-refractivity contribution in [2.45, 2.75) is 40.0 Å². The van der Waals surface area contributed by atoms with Gasteiger partial charge in [0.05, 0.1) is 0 Å². The van der Waals surface area contributed by atoms with Crippen LogP contribution in [0.4, 0.5) is 0 Å². The van der Waals surface area contributed by atoms with Crippen molar-refractivity contribution in [2.75, 3.05) is 0 Å². The largest absolute Gasteiger partial charge is 0.120 e. The van der Waals surface area contributed by atoms with Crippen molar-refractivity contribution < 1.29 is 0 Å². The number of terminal acetylenes is 1. The average molecular weight is 164 g/mol. The lowest BCUT2D eigenvalue weighted by atomic mass is 9.87. The summed E-state index contributed by atoms with van der Waals surface area (Å²) in [6.07, 6.45) is 13.3. The quantitative estimate of drug-likeness (QED) is 0.430. The summed E-state index contributed by atoms with van der Waals surface area (Å²) in [5.41, 5.74) is 0. The first-order valence-electron chi connectivity index (χ1n) is 4.89. The zero-order valence-corrected chi connectivity index (χ0v) is 8.51. The highest BCUT2D eigenvalue weighted by Crippen LogP contribution is 2.21. The molecule has 0 aliphatic heterocycles. The summed E-state index contributed by atoms with van der Waals surface area (Å²) in [6, 6.07) is 0. The molecule has 0 radical (unpaired) electrons. The molecule has 2 atom stereocenters. The fourth-order valence-corrected chi connectivity index (χ4v) is 1.56. The van der Waals surface area contributed by atoms with E-state index in [1.165, 1.54) is 12.8 Å². The molecule has 0 aliphatic carbocycles. The molecule has 12 heavy (non-hydrogen) atoms. The van der Waals surface area contributed by atoms with Gasteiger partial charge < -0.3 is 0 Å². The van der Waals surface area contributed by atoms with E-state index < -0.39 is 0 Å². The maximum absolute atomic E-state index is 5.46. The summed E-state index contributed by atoms with van der Waals surface area (Å²) in [5.74, 6) is 3.89. The third-order valence-corrected chi connectivity index (χ3v) is 2.23. The third kappa shape index (κ3) is 3.62. The minimum absolute atomic E-state index is 0.432. The van der Waals surface area contributed by atoms with E-state index in [2.05, 4.69) is 38.8 Å². The molecular formula is C12H20. The molecule has 0 heteroatoms. The molecule has 0 N–H and O–H groups in total. The van der Waals surface area contributed by atoms with Crippen LogP contribution in [-0.2, 0) is 0 Å². The van der Waals surface area contributed by atoms with Crippen LogP contribution in [0, 0.1) is 24.2 Å². The Morgan fingerprint density at radius 2 is 2.08 bits per heavy atom. The SMILES string of the molecule is C#CC(CC)C(C=CC)CCC. The van der Waals surface area contributed by atoms with Gasteiger partial charge in [0.15, 0.2) is 0 Å². The van der Waals surface area contributed by atoms with E-state index in [1.54, 1.807) is 0 Å². The summed E-state index contributed by atoms with van der Waals surface area (Å²) in [7, 11) is 0. The Labute approximate surface area is 77.1 Å². The normalized spacial score (nSPS) is 15.8. The van der Waals surface area contributed by atoms with Crippen molar-refractivity contribution in [3.8, 4) is 12.3 Å². The van der Waals surface area contributed by atoms with Crippen molar-refractivity contribution in [1.29, 1.82) is 0 Å². The maximum atomic E-state index is 5.46. The second-order valence-corrected chi connectivity index (χ2v) is 3.16. The summed E-state index contributed by atoms with van der Waals surface area (Å²) in [4.78, 5) is 0. The molecule has 0 saturated heterocycles. The van der Waals surface area contributed by atoms with Gasteiger partial charge >= 0.3 is 0 Å². The Kier molecular flexibility index (Phi) is 6.57. The van der Waals surface area contributed by atoms with E-state index in [-0.39, 0.29) is 0 Å². The van der Waals surface area contributed by atoms with E-state index in [0.29, 0.717) is 11.8 Å². The minimum Gasteiger partial charge on any atom is -0.120 e. The molecule has 0 fully saturated rings. The summed E-state index contributed by atoms with van der Waals surface area (Å²) in [6.45, 7) is 6.43. The van der Waals surface area contributed by atoms with Gasteiger partial charge in [-0.05, 0) is 25.7 Å². The van der Waals surface area contributed by atoms with E-state index in [1.807, 2.05) is 0 Å². The van der Waals surface area contributed by atoms with Crippen LogP contribution in [-0.4, -0.2) is 0 Å². The molecule has 0 aromatic heterocycles. The van der Waals surface area contributed by atoms with Gasteiger partial charge in [0.25, 0.3) is 0 Å². The van der Waals surface area contributed by atoms with Gasteiger partial charge in [0.2, 0.25) is 0 Å². The fourth-order valence-electron chi connectivity index (χ4n) is 1.56. The Bertz CT molecular complexity index is 159. The molecule has 0 nitrogen and oxygen atoms in total. The second kappa shape index (κ2) is 6.98. The van der Waals surface area contributed by atoms with Crippen molar-refractivity contribution in [3.05, 3.63) is 12.2 Å². The molecule has 0 amide bonds. The molecule has 0 bridgehead atoms. The molecule has 2 unspecified atom stereocenters. The lowest BCUT2D eigenvalue weighted by molar-refractivity contribution is 0.442. The van der Waals surface area contributed by atoms with Crippen LogP contribution in [0.1, 0.15) is 40.0 Å². The van der Waals surface area contributed by atoms with Gasteiger partial charge in [-0.25, -0.2) is 0 Å². The first kappa shape index (κ1) is 11.3. The van der Waals surface area contributed by atoms with Crippen LogP contribution in [0.3, 0.4) is 0 Å². The molecule has 0 aromatic carbocycles. The van der Waals surface area contributed by atoms with Gasteiger partial charge in [0.1, 0.15) is 0 Å². The maximum Gasteiger partial charge on any atom is 0.0260 e. The standard InChI is InChI=1S/C12H20/c1-5-9-12(10-6-2)11(7-3)8-4/h3,5,9,11-12H,6,8,10H2,1-2,4H3. The molecule has 0 rings (SSSR count). The highest BCUT2D eigenvalue weighted by atomic mass is 14.2. The molecule has 0 aromatic rings. The van der Waals surface area contributed by atoms with E-state index in [9.17, 15) is 0 Å². The van der Waals surface area contributed by atoms with Gasteiger partial charge in [0, 0.05) is 5.92 Å². The molecule has 0 heterocycles. The van der Waals surface area contributed by atoms with E-state index in [4.69, 9.17) is 6.42 Å². The molecule has 0 aliphatic rings.